The molecule has 188 valence electrons. The minimum absolute atomic E-state index is 0.114. The summed E-state index contributed by atoms with van der Waals surface area (Å²) >= 11 is 0. The van der Waals surface area contributed by atoms with Crippen molar-refractivity contribution in [3.63, 3.8) is 0 Å². The van der Waals surface area contributed by atoms with E-state index in [9.17, 15) is 0 Å². The lowest BCUT2D eigenvalue weighted by atomic mass is 9.63. The van der Waals surface area contributed by atoms with Crippen LogP contribution in [0.4, 0.5) is 0 Å². The molecule has 0 bridgehead atoms. The second-order valence-electron chi connectivity index (χ2n) is 11.6. The van der Waals surface area contributed by atoms with Gasteiger partial charge in [-0.2, -0.15) is 0 Å². The topological polar surface area (TPSA) is 38.7 Å². The number of fused-ring (bicyclic) bond motifs is 1. The van der Waals surface area contributed by atoms with Gasteiger partial charge in [0.2, 0.25) is 0 Å². The van der Waals surface area contributed by atoms with E-state index in [0.717, 1.165) is 22.3 Å². The summed E-state index contributed by atoms with van der Waals surface area (Å²) in [5, 5.41) is 0. The molecule has 1 heterocycles. The zero-order chi connectivity index (χ0) is 26.3. The van der Waals surface area contributed by atoms with Crippen molar-refractivity contribution in [2.75, 3.05) is 0 Å². The van der Waals surface area contributed by atoms with Crippen molar-refractivity contribution in [2.24, 2.45) is 0 Å². The first-order valence-electron chi connectivity index (χ1n) is 13.4. The van der Waals surface area contributed by atoms with Gasteiger partial charge in [0.25, 0.3) is 0 Å². The van der Waals surface area contributed by atoms with Crippen LogP contribution in [-0.2, 0) is 10.8 Å². The van der Waals surface area contributed by atoms with E-state index in [1.54, 1.807) is 0 Å². The van der Waals surface area contributed by atoms with Gasteiger partial charge in [0.15, 0.2) is 17.5 Å². The molecule has 0 atom stereocenters. The van der Waals surface area contributed by atoms with E-state index in [4.69, 9.17) is 15.0 Å². The summed E-state index contributed by atoms with van der Waals surface area (Å²) in [7, 11) is 0. The van der Waals surface area contributed by atoms with E-state index in [1.807, 2.05) is 24.3 Å². The van der Waals surface area contributed by atoms with Gasteiger partial charge in [-0.25, -0.2) is 15.0 Å². The molecule has 1 aromatic heterocycles. The molecule has 0 aliphatic heterocycles. The molecule has 0 fully saturated rings. The van der Waals surface area contributed by atoms with Crippen LogP contribution in [0.15, 0.2) is 103 Å². The lowest BCUT2D eigenvalue weighted by Crippen LogP contribution is -2.33. The van der Waals surface area contributed by atoms with Crippen molar-refractivity contribution in [3.05, 3.63) is 114 Å². The van der Waals surface area contributed by atoms with Crippen LogP contribution in [-0.4, -0.2) is 15.0 Å². The van der Waals surface area contributed by atoms with Gasteiger partial charge in [-0.05, 0) is 58.1 Å². The van der Waals surface area contributed by atoms with Gasteiger partial charge >= 0.3 is 0 Å². The first-order valence-corrected chi connectivity index (χ1v) is 13.4. The Hall–Kier alpha value is -4.11. The maximum Gasteiger partial charge on any atom is 0.164 e. The monoisotopic (exact) mass is 495 g/mol. The summed E-state index contributed by atoms with van der Waals surface area (Å²) in [6, 6.07) is 35.9. The van der Waals surface area contributed by atoms with E-state index >= 15 is 0 Å². The number of rotatable bonds is 4. The number of hydrogen-bond acceptors (Lipinski definition) is 3. The first-order chi connectivity index (χ1) is 18.3. The Labute approximate surface area is 225 Å². The highest BCUT2D eigenvalue weighted by Crippen LogP contribution is 2.46. The smallest absolute Gasteiger partial charge is 0.164 e. The molecule has 6 rings (SSSR count). The van der Waals surface area contributed by atoms with Crippen molar-refractivity contribution in [1.29, 1.82) is 0 Å². The van der Waals surface area contributed by atoms with Crippen LogP contribution >= 0.6 is 0 Å². The Morgan fingerprint density at radius 2 is 0.895 bits per heavy atom. The summed E-state index contributed by atoms with van der Waals surface area (Å²) in [5.74, 6) is 2.08. The standard InChI is InChI=1S/C35H33N3/c1-34(2)20-21-35(3,4)30-23-28(18-19-29(30)34)33-37-31(25-14-9-6-10-15-25)36-32(38-33)27-17-11-16-26(22-27)24-12-7-5-8-13-24/h5-19,22-23H,20-21H2,1-4H3. The van der Waals surface area contributed by atoms with Crippen molar-refractivity contribution in [1.82, 2.24) is 15.0 Å². The second kappa shape index (κ2) is 9.33. The van der Waals surface area contributed by atoms with Gasteiger partial charge in [0, 0.05) is 16.7 Å². The maximum atomic E-state index is 5.04. The third-order valence-corrected chi connectivity index (χ3v) is 8.01. The number of aromatic nitrogens is 3. The third kappa shape index (κ3) is 4.54. The minimum atomic E-state index is 0.114. The Bertz CT molecular complexity index is 1600. The van der Waals surface area contributed by atoms with Crippen molar-refractivity contribution < 1.29 is 0 Å². The van der Waals surface area contributed by atoms with Crippen LogP contribution in [0.1, 0.15) is 51.7 Å². The van der Waals surface area contributed by atoms with Crippen LogP contribution in [0.3, 0.4) is 0 Å². The fourth-order valence-corrected chi connectivity index (χ4v) is 5.55. The summed E-state index contributed by atoms with van der Waals surface area (Å²) in [4.78, 5) is 15.0. The molecular formula is C35H33N3. The third-order valence-electron chi connectivity index (χ3n) is 8.01. The highest BCUT2D eigenvalue weighted by molar-refractivity contribution is 5.72. The number of nitrogens with zero attached hydrogens (tertiary/aromatic N) is 3. The molecule has 0 unspecified atom stereocenters. The van der Waals surface area contributed by atoms with Crippen LogP contribution in [0, 0.1) is 0 Å². The highest BCUT2D eigenvalue weighted by Gasteiger charge is 2.37. The molecule has 1 aliphatic carbocycles. The molecule has 0 saturated heterocycles. The molecule has 0 saturated carbocycles. The zero-order valence-electron chi connectivity index (χ0n) is 22.6. The van der Waals surface area contributed by atoms with Gasteiger partial charge in [-0.15, -0.1) is 0 Å². The summed E-state index contributed by atoms with van der Waals surface area (Å²) in [6.07, 6.45) is 2.36. The van der Waals surface area contributed by atoms with Crippen LogP contribution in [0.25, 0.3) is 45.3 Å². The first kappa shape index (κ1) is 24.2. The van der Waals surface area contributed by atoms with Crippen molar-refractivity contribution >= 4 is 0 Å². The SMILES string of the molecule is CC1(C)CCC(C)(C)c2cc(-c3nc(-c4ccccc4)nc(-c4cccc(-c5ccccc5)c4)n3)ccc21. The lowest BCUT2D eigenvalue weighted by Gasteiger charge is -2.42. The maximum absolute atomic E-state index is 5.04. The molecule has 4 aromatic carbocycles. The van der Waals surface area contributed by atoms with Gasteiger partial charge in [-0.1, -0.05) is 119 Å². The van der Waals surface area contributed by atoms with Crippen molar-refractivity contribution in [3.8, 4) is 45.3 Å². The molecule has 3 heteroatoms. The van der Waals surface area contributed by atoms with Gasteiger partial charge in [-0.3, -0.25) is 0 Å². The van der Waals surface area contributed by atoms with E-state index in [2.05, 4.69) is 107 Å². The van der Waals surface area contributed by atoms with Crippen LogP contribution in [0.2, 0.25) is 0 Å². The zero-order valence-corrected chi connectivity index (χ0v) is 22.6. The number of hydrogen-bond donors (Lipinski definition) is 0. The molecule has 0 amide bonds. The van der Waals surface area contributed by atoms with E-state index in [-0.39, 0.29) is 10.8 Å². The molecule has 3 nitrogen and oxygen atoms in total. The van der Waals surface area contributed by atoms with Gasteiger partial charge in [0.1, 0.15) is 0 Å². The largest absolute Gasteiger partial charge is 0.208 e. The molecule has 1 aliphatic rings. The fraction of sp³-hybridized carbons (Fsp3) is 0.229. The molecule has 5 aromatic rings. The highest BCUT2D eigenvalue weighted by atomic mass is 15.0. The molecule has 0 radical (unpaired) electrons. The average molecular weight is 496 g/mol. The van der Waals surface area contributed by atoms with E-state index in [0.29, 0.717) is 17.5 Å². The second-order valence-corrected chi connectivity index (χ2v) is 11.6. The van der Waals surface area contributed by atoms with E-state index < -0.39 is 0 Å². The molecule has 38 heavy (non-hydrogen) atoms. The Balaban J connectivity index is 1.52. The van der Waals surface area contributed by atoms with Gasteiger partial charge < -0.3 is 0 Å². The lowest BCUT2D eigenvalue weighted by molar-refractivity contribution is 0.332. The van der Waals surface area contributed by atoms with Gasteiger partial charge in [0.05, 0.1) is 0 Å². The summed E-state index contributed by atoms with van der Waals surface area (Å²) < 4.78 is 0. The molecular weight excluding hydrogens is 462 g/mol. The average Bonchev–Trinajstić information content (AvgIpc) is 2.96. The minimum Gasteiger partial charge on any atom is -0.208 e. The van der Waals surface area contributed by atoms with E-state index in [1.165, 1.54) is 29.5 Å². The molecule has 0 spiro atoms. The van der Waals surface area contributed by atoms with Crippen molar-refractivity contribution in [2.45, 2.75) is 51.4 Å². The van der Waals surface area contributed by atoms with Crippen LogP contribution in [0.5, 0.6) is 0 Å². The Morgan fingerprint density at radius 1 is 0.421 bits per heavy atom. The normalized spacial score (nSPS) is 15.6. The summed E-state index contributed by atoms with van der Waals surface area (Å²) in [6.45, 7) is 9.42. The summed E-state index contributed by atoms with van der Waals surface area (Å²) in [5.41, 5.74) is 8.43. The predicted octanol–water partition coefficient (Wildman–Crippen LogP) is 8.89. The Morgan fingerprint density at radius 3 is 1.53 bits per heavy atom. The molecule has 0 N–H and O–H groups in total. The quantitative estimate of drug-likeness (QED) is 0.250. The predicted molar refractivity (Wildman–Crippen MR) is 157 cm³/mol. The Kier molecular flexibility index (Phi) is 5.95. The fourth-order valence-electron chi connectivity index (χ4n) is 5.55. The number of benzene rings is 4. The van der Waals surface area contributed by atoms with Crippen LogP contribution < -0.4 is 0 Å².